The molecule has 2 aromatic carbocycles. The van der Waals surface area contributed by atoms with Crippen LogP contribution in [0.5, 0.6) is 0 Å². The molecule has 0 aliphatic carbocycles. The number of carbonyl (C=O) groups excluding carboxylic acids is 1. The van der Waals surface area contributed by atoms with Crippen molar-refractivity contribution in [3.8, 4) is 0 Å². The number of alkyl halides is 3. The number of amides is 1. The number of carbonyl (C=O) groups is 1. The van der Waals surface area contributed by atoms with E-state index in [2.05, 4.69) is 15.6 Å². The second-order valence-electron chi connectivity index (χ2n) is 6.73. The van der Waals surface area contributed by atoms with E-state index in [9.17, 15) is 18.0 Å². The van der Waals surface area contributed by atoms with Gasteiger partial charge >= 0.3 is 6.18 Å². The van der Waals surface area contributed by atoms with Crippen molar-refractivity contribution in [1.29, 1.82) is 0 Å². The fraction of sp³-hybridized carbons (Fsp3) is 0.238. The highest BCUT2D eigenvalue weighted by Crippen LogP contribution is 2.30. The Kier molecular flexibility index (Phi) is 6.22. The van der Waals surface area contributed by atoms with Crippen molar-refractivity contribution < 1.29 is 18.0 Å². The number of hydrogen-bond donors (Lipinski definition) is 2. The molecule has 0 spiro atoms. The molecule has 1 heterocycles. The van der Waals surface area contributed by atoms with Gasteiger partial charge in [0.15, 0.2) is 5.13 Å². The molecule has 0 saturated heterocycles. The lowest BCUT2D eigenvalue weighted by molar-refractivity contribution is -0.137. The fourth-order valence-electron chi connectivity index (χ4n) is 2.77. The third kappa shape index (κ3) is 5.80. The van der Waals surface area contributed by atoms with Crippen molar-refractivity contribution in [1.82, 2.24) is 4.98 Å². The number of aryl methyl sites for hydroxylation is 2. The highest BCUT2D eigenvalue weighted by atomic mass is 32.1. The summed E-state index contributed by atoms with van der Waals surface area (Å²) < 4.78 is 38.5. The molecule has 0 saturated carbocycles. The topological polar surface area (TPSA) is 54.0 Å². The van der Waals surface area contributed by atoms with Gasteiger partial charge in [-0.1, -0.05) is 30.3 Å². The summed E-state index contributed by atoms with van der Waals surface area (Å²) in [5.74, 6) is -0.245. The number of nitrogens with zero attached hydrogens (tertiary/aromatic N) is 1. The zero-order valence-corrected chi connectivity index (χ0v) is 16.7. The maximum absolute atomic E-state index is 12.8. The number of thiazole rings is 1. The van der Waals surface area contributed by atoms with Gasteiger partial charge in [-0.15, -0.1) is 11.3 Å². The molecule has 0 fully saturated rings. The highest BCUT2D eigenvalue weighted by Gasteiger charge is 2.30. The van der Waals surface area contributed by atoms with Gasteiger partial charge in [0.25, 0.3) is 0 Å². The number of nitrogens with one attached hydrogen (secondary N) is 2. The Balaban J connectivity index is 1.57. The van der Waals surface area contributed by atoms with E-state index in [1.54, 1.807) is 12.3 Å². The van der Waals surface area contributed by atoms with Crippen LogP contribution in [0.2, 0.25) is 0 Å². The number of benzene rings is 2. The monoisotopic (exact) mass is 419 g/mol. The molecule has 3 aromatic rings. The first kappa shape index (κ1) is 20.9. The van der Waals surface area contributed by atoms with Gasteiger partial charge in [-0.25, -0.2) is 4.98 Å². The molecular weight excluding hydrogens is 399 g/mol. The summed E-state index contributed by atoms with van der Waals surface area (Å²) in [6.07, 6.45) is -2.48. The van der Waals surface area contributed by atoms with Gasteiger partial charge < -0.3 is 10.6 Å². The molecule has 152 valence electrons. The quantitative estimate of drug-likeness (QED) is 0.561. The predicted octanol–water partition coefficient (Wildman–Crippen LogP) is 5.42. The Labute approximate surface area is 170 Å². The van der Waals surface area contributed by atoms with Gasteiger partial charge in [0.05, 0.1) is 12.1 Å². The number of aromatic nitrogens is 1. The third-order valence-electron chi connectivity index (χ3n) is 4.27. The Hall–Kier alpha value is -2.87. The summed E-state index contributed by atoms with van der Waals surface area (Å²) >= 11 is 1.24. The van der Waals surface area contributed by atoms with Crippen LogP contribution in [0.1, 0.15) is 27.1 Å². The third-order valence-corrected chi connectivity index (χ3v) is 5.18. The second kappa shape index (κ2) is 8.65. The lowest BCUT2D eigenvalue weighted by atomic mass is 10.1. The molecule has 0 unspecified atom stereocenters. The van der Waals surface area contributed by atoms with Crippen LogP contribution < -0.4 is 10.6 Å². The molecule has 0 bridgehead atoms. The molecule has 0 aliphatic heterocycles. The predicted molar refractivity (Wildman–Crippen MR) is 109 cm³/mol. The highest BCUT2D eigenvalue weighted by molar-refractivity contribution is 7.15. The fourth-order valence-corrected chi connectivity index (χ4v) is 3.63. The summed E-state index contributed by atoms with van der Waals surface area (Å²) in [6, 6.07) is 11.2. The first-order valence-electron chi connectivity index (χ1n) is 8.92. The largest absolute Gasteiger partial charge is 0.416 e. The summed E-state index contributed by atoms with van der Waals surface area (Å²) in [6.45, 7) is 4.03. The summed E-state index contributed by atoms with van der Waals surface area (Å²) in [5, 5.41) is 6.23. The van der Waals surface area contributed by atoms with E-state index in [-0.39, 0.29) is 12.5 Å². The Morgan fingerprint density at radius 1 is 1.14 bits per heavy atom. The molecule has 1 aromatic heterocycles. The van der Waals surface area contributed by atoms with E-state index in [1.807, 2.05) is 32.0 Å². The van der Waals surface area contributed by atoms with Crippen molar-refractivity contribution in [2.75, 3.05) is 17.2 Å². The van der Waals surface area contributed by atoms with Crippen LogP contribution in [0.3, 0.4) is 0 Å². The number of hydrogen-bond acceptors (Lipinski definition) is 4. The van der Waals surface area contributed by atoms with E-state index in [0.717, 1.165) is 33.8 Å². The summed E-state index contributed by atoms with van der Waals surface area (Å²) in [7, 11) is 0. The molecule has 8 heteroatoms. The van der Waals surface area contributed by atoms with Gasteiger partial charge in [-0.05, 0) is 42.7 Å². The van der Waals surface area contributed by atoms with Crippen molar-refractivity contribution in [3.05, 3.63) is 75.8 Å². The van der Waals surface area contributed by atoms with Crippen LogP contribution in [0.15, 0.2) is 48.7 Å². The molecule has 3 rings (SSSR count). The number of anilines is 2. The van der Waals surface area contributed by atoms with Crippen LogP contribution in [0, 0.1) is 13.8 Å². The van der Waals surface area contributed by atoms with E-state index < -0.39 is 11.7 Å². The molecular formula is C21H20F3N3OS. The molecule has 0 aliphatic rings. The lowest BCUT2D eigenvalue weighted by Gasteiger charge is -2.10. The summed E-state index contributed by atoms with van der Waals surface area (Å²) in [4.78, 5) is 17.1. The molecule has 0 atom stereocenters. The van der Waals surface area contributed by atoms with Gasteiger partial charge in [0.2, 0.25) is 5.91 Å². The zero-order valence-electron chi connectivity index (χ0n) is 15.9. The van der Waals surface area contributed by atoms with Crippen LogP contribution in [-0.4, -0.2) is 17.4 Å². The van der Waals surface area contributed by atoms with Crippen LogP contribution in [-0.2, 0) is 17.4 Å². The molecule has 0 radical (unpaired) electrons. The standard InChI is InChI=1S/C21H20F3N3OS/c1-13-6-7-14(2)18(8-13)25-12-19(28)27-20-26-11-17(29-20)10-15-4-3-5-16(9-15)21(22,23)24/h3-9,11,25H,10,12H2,1-2H3,(H,26,27,28). The Morgan fingerprint density at radius 3 is 2.69 bits per heavy atom. The smallest absolute Gasteiger partial charge is 0.376 e. The average molecular weight is 419 g/mol. The van der Waals surface area contributed by atoms with Crippen molar-refractivity contribution in [3.63, 3.8) is 0 Å². The van der Waals surface area contributed by atoms with Gasteiger partial charge in [-0.3, -0.25) is 4.79 Å². The van der Waals surface area contributed by atoms with Crippen molar-refractivity contribution in [2.24, 2.45) is 0 Å². The maximum Gasteiger partial charge on any atom is 0.416 e. The SMILES string of the molecule is Cc1ccc(C)c(NCC(=O)Nc2ncc(Cc3cccc(C(F)(F)F)c3)s2)c1. The minimum Gasteiger partial charge on any atom is -0.376 e. The van der Waals surface area contributed by atoms with Gasteiger partial charge in [0.1, 0.15) is 0 Å². The van der Waals surface area contributed by atoms with E-state index in [1.165, 1.54) is 17.4 Å². The molecule has 2 N–H and O–H groups in total. The Bertz CT molecular complexity index is 1010. The second-order valence-corrected chi connectivity index (χ2v) is 7.84. The number of halogens is 3. The Morgan fingerprint density at radius 2 is 1.93 bits per heavy atom. The first-order chi connectivity index (χ1) is 13.7. The number of rotatable bonds is 6. The van der Waals surface area contributed by atoms with E-state index in [0.29, 0.717) is 17.1 Å². The normalized spacial score (nSPS) is 11.3. The summed E-state index contributed by atoms with van der Waals surface area (Å²) in [5.41, 5.74) is 2.90. The van der Waals surface area contributed by atoms with Crippen molar-refractivity contribution >= 4 is 28.1 Å². The van der Waals surface area contributed by atoms with Gasteiger partial charge in [-0.2, -0.15) is 13.2 Å². The lowest BCUT2D eigenvalue weighted by Crippen LogP contribution is -2.22. The van der Waals surface area contributed by atoms with Crippen LogP contribution >= 0.6 is 11.3 Å². The van der Waals surface area contributed by atoms with E-state index >= 15 is 0 Å². The van der Waals surface area contributed by atoms with E-state index in [4.69, 9.17) is 0 Å². The minimum absolute atomic E-state index is 0.0901. The minimum atomic E-state index is -4.37. The van der Waals surface area contributed by atoms with Crippen LogP contribution in [0.25, 0.3) is 0 Å². The molecule has 1 amide bonds. The molecule has 29 heavy (non-hydrogen) atoms. The first-order valence-corrected chi connectivity index (χ1v) is 9.74. The molecule has 4 nitrogen and oxygen atoms in total. The van der Waals surface area contributed by atoms with Gasteiger partial charge in [0, 0.05) is 23.2 Å². The van der Waals surface area contributed by atoms with Crippen molar-refractivity contribution in [2.45, 2.75) is 26.4 Å². The average Bonchev–Trinajstić information content (AvgIpc) is 3.08. The van der Waals surface area contributed by atoms with Crippen LogP contribution in [0.4, 0.5) is 24.0 Å². The maximum atomic E-state index is 12.8. The zero-order chi connectivity index (χ0) is 21.0.